The van der Waals surface area contributed by atoms with Gasteiger partial charge in [-0.25, -0.2) is 4.79 Å². The number of carboxylic acids is 1. The number of fused-ring (bicyclic) bond motifs is 1. The van der Waals surface area contributed by atoms with Gasteiger partial charge in [0.25, 0.3) is 0 Å². The quantitative estimate of drug-likeness (QED) is 0.559. The van der Waals surface area contributed by atoms with Crippen molar-refractivity contribution in [1.29, 1.82) is 0 Å². The zero-order valence-electron chi connectivity index (χ0n) is 15.2. The number of hydrogen-bond acceptors (Lipinski definition) is 1. The predicted octanol–water partition coefficient (Wildman–Crippen LogP) is 5.68. The normalized spacial score (nSPS) is 18.8. The van der Waals surface area contributed by atoms with Gasteiger partial charge in [0.05, 0.1) is 0 Å². The summed E-state index contributed by atoms with van der Waals surface area (Å²) in [7, 11) is 0. The van der Waals surface area contributed by atoms with Crippen molar-refractivity contribution in [3.63, 3.8) is 0 Å². The molecule has 0 radical (unpaired) electrons. The average molecular weight is 324 g/mol. The molecule has 128 valence electrons. The van der Waals surface area contributed by atoms with Crippen molar-refractivity contribution in [3.8, 4) is 0 Å². The van der Waals surface area contributed by atoms with Crippen LogP contribution in [0.5, 0.6) is 0 Å². The zero-order chi connectivity index (χ0) is 17.7. The molecule has 24 heavy (non-hydrogen) atoms. The van der Waals surface area contributed by atoms with Crippen LogP contribution in [-0.4, -0.2) is 11.1 Å². The molecule has 1 aromatic carbocycles. The molecule has 0 saturated heterocycles. The minimum Gasteiger partial charge on any atom is -0.478 e. The lowest BCUT2D eigenvalue weighted by molar-refractivity contribution is -0.131. The molecule has 1 N–H and O–H groups in total. The Morgan fingerprint density at radius 1 is 1.33 bits per heavy atom. The highest BCUT2D eigenvalue weighted by Crippen LogP contribution is 2.35. The molecule has 2 nitrogen and oxygen atoms in total. The van der Waals surface area contributed by atoms with Crippen molar-refractivity contribution in [3.05, 3.63) is 64.3 Å². The summed E-state index contributed by atoms with van der Waals surface area (Å²) in [6.45, 7) is 8.47. The Labute approximate surface area is 145 Å². The first-order chi connectivity index (χ1) is 11.4. The Morgan fingerprint density at radius 2 is 2.08 bits per heavy atom. The number of benzene rings is 1. The first-order valence-corrected chi connectivity index (χ1v) is 8.84. The van der Waals surface area contributed by atoms with Crippen molar-refractivity contribution in [2.45, 2.75) is 59.3 Å². The number of aliphatic carboxylic acids is 1. The van der Waals surface area contributed by atoms with Gasteiger partial charge in [0.15, 0.2) is 0 Å². The van der Waals surface area contributed by atoms with Gasteiger partial charge < -0.3 is 5.11 Å². The molecule has 1 aliphatic carbocycles. The molecule has 1 aromatic rings. The van der Waals surface area contributed by atoms with E-state index in [4.69, 9.17) is 5.11 Å². The number of aryl methyl sites for hydroxylation is 2. The van der Waals surface area contributed by atoms with Crippen LogP contribution in [0, 0.1) is 0 Å². The van der Waals surface area contributed by atoms with E-state index in [0.29, 0.717) is 5.92 Å². The fourth-order valence-corrected chi connectivity index (χ4v) is 3.47. The Kier molecular flexibility index (Phi) is 6.19. The Bertz CT molecular complexity index is 705. The van der Waals surface area contributed by atoms with E-state index >= 15 is 0 Å². The molecule has 2 rings (SSSR count). The van der Waals surface area contributed by atoms with Crippen LogP contribution in [0.15, 0.2) is 42.0 Å². The summed E-state index contributed by atoms with van der Waals surface area (Å²) in [4.78, 5) is 10.6. The molecule has 0 fully saturated rings. The lowest BCUT2D eigenvalue weighted by atomic mass is 9.80. The summed E-state index contributed by atoms with van der Waals surface area (Å²) in [6, 6.07) is 4.79. The van der Waals surface area contributed by atoms with E-state index in [9.17, 15) is 4.79 Å². The summed E-state index contributed by atoms with van der Waals surface area (Å²) < 4.78 is 0. The molecular formula is C22H28O2. The standard InChI is InChI=1S/C22H28O2/c1-5-18-13-21-17(4)10-7-11-19(21)14-20(18)16(3)9-6-8-15(2)12-22(23)24/h6,8-9,12-14,17H,5,7,10-11H2,1-4H3,(H,23,24)/b8-6+,15-12+,16-9+. The van der Waals surface area contributed by atoms with Gasteiger partial charge in [-0.15, -0.1) is 0 Å². The van der Waals surface area contributed by atoms with E-state index in [1.165, 1.54) is 53.2 Å². The van der Waals surface area contributed by atoms with Crippen LogP contribution < -0.4 is 0 Å². The maximum absolute atomic E-state index is 10.6. The summed E-state index contributed by atoms with van der Waals surface area (Å²) in [6.07, 6.45) is 11.9. The summed E-state index contributed by atoms with van der Waals surface area (Å²) in [5.41, 5.74) is 7.73. The molecule has 2 heteroatoms. The topological polar surface area (TPSA) is 37.3 Å². The van der Waals surface area contributed by atoms with Crippen molar-refractivity contribution < 1.29 is 9.90 Å². The molecule has 0 heterocycles. The molecule has 1 unspecified atom stereocenters. The highest BCUT2D eigenvalue weighted by molar-refractivity contribution is 5.81. The average Bonchev–Trinajstić information content (AvgIpc) is 2.53. The van der Waals surface area contributed by atoms with Gasteiger partial charge in [-0.2, -0.15) is 0 Å². The fourth-order valence-electron chi connectivity index (χ4n) is 3.47. The van der Waals surface area contributed by atoms with E-state index in [1.54, 1.807) is 6.92 Å². The summed E-state index contributed by atoms with van der Waals surface area (Å²) >= 11 is 0. The second-order valence-corrected chi connectivity index (χ2v) is 6.79. The van der Waals surface area contributed by atoms with E-state index in [2.05, 4.69) is 39.0 Å². The maximum atomic E-state index is 10.6. The highest BCUT2D eigenvalue weighted by atomic mass is 16.4. The lowest BCUT2D eigenvalue weighted by Gasteiger charge is -2.25. The minimum absolute atomic E-state index is 0.668. The maximum Gasteiger partial charge on any atom is 0.328 e. The molecule has 1 atom stereocenters. The van der Waals surface area contributed by atoms with E-state index in [1.807, 2.05) is 12.2 Å². The number of rotatable bonds is 5. The van der Waals surface area contributed by atoms with Gasteiger partial charge in [-0.05, 0) is 78.8 Å². The smallest absolute Gasteiger partial charge is 0.328 e. The monoisotopic (exact) mass is 324 g/mol. The highest BCUT2D eigenvalue weighted by Gasteiger charge is 2.18. The van der Waals surface area contributed by atoms with Crippen molar-refractivity contribution in [2.24, 2.45) is 0 Å². The fraction of sp³-hybridized carbons (Fsp3) is 0.409. The molecular weight excluding hydrogens is 296 g/mol. The van der Waals surface area contributed by atoms with Gasteiger partial charge in [-0.1, -0.05) is 44.2 Å². The first kappa shape index (κ1) is 18.3. The van der Waals surface area contributed by atoms with Gasteiger partial charge in [0, 0.05) is 6.08 Å². The number of carboxylic acid groups (broad SMARTS) is 1. The molecule has 1 aliphatic rings. The van der Waals surface area contributed by atoms with Crippen LogP contribution in [0.4, 0.5) is 0 Å². The van der Waals surface area contributed by atoms with Crippen LogP contribution in [0.3, 0.4) is 0 Å². The van der Waals surface area contributed by atoms with Gasteiger partial charge >= 0.3 is 5.97 Å². The largest absolute Gasteiger partial charge is 0.478 e. The van der Waals surface area contributed by atoms with E-state index < -0.39 is 5.97 Å². The number of hydrogen-bond donors (Lipinski definition) is 1. The van der Waals surface area contributed by atoms with Gasteiger partial charge in [0.2, 0.25) is 0 Å². The van der Waals surface area contributed by atoms with Gasteiger partial charge in [-0.3, -0.25) is 0 Å². The molecule has 0 aromatic heterocycles. The zero-order valence-corrected chi connectivity index (χ0v) is 15.2. The third-order valence-electron chi connectivity index (χ3n) is 4.84. The first-order valence-electron chi connectivity index (χ1n) is 8.84. The second kappa shape index (κ2) is 8.14. The van der Waals surface area contributed by atoms with Crippen LogP contribution in [0.1, 0.15) is 68.7 Å². The summed E-state index contributed by atoms with van der Waals surface area (Å²) in [5, 5.41) is 8.75. The van der Waals surface area contributed by atoms with Crippen molar-refractivity contribution in [1.82, 2.24) is 0 Å². The number of allylic oxidation sites excluding steroid dienone is 5. The second-order valence-electron chi connectivity index (χ2n) is 6.79. The third-order valence-corrected chi connectivity index (χ3v) is 4.84. The minimum atomic E-state index is -0.907. The Hall–Kier alpha value is -2.09. The molecule has 0 spiro atoms. The molecule has 0 amide bonds. The van der Waals surface area contributed by atoms with Crippen LogP contribution in [0.2, 0.25) is 0 Å². The molecule has 0 bridgehead atoms. The predicted molar refractivity (Wildman–Crippen MR) is 101 cm³/mol. The van der Waals surface area contributed by atoms with E-state index in [0.717, 1.165) is 12.0 Å². The van der Waals surface area contributed by atoms with Crippen molar-refractivity contribution in [2.75, 3.05) is 0 Å². The summed E-state index contributed by atoms with van der Waals surface area (Å²) in [5.74, 6) is -0.240. The molecule has 0 saturated carbocycles. The van der Waals surface area contributed by atoms with Crippen LogP contribution in [0.25, 0.3) is 5.57 Å². The number of carbonyl (C=O) groups is 1. The van der Waals surface area contributed by atoms with E-state index in [-0.39, 0.29) is 0 Å². The van der Waals surface area contributed by atoms with Crippen LogP contribution >= 0.6 is 0 Å². The lowest BCUT2D eigenvalue weighted by Crippen LogP contribution is -2.09. The Balaban J connectivity index is 2.31. The SMILES string of the molecule is CCc1cc2c(cc1/C(C)=C/C=C/C(C)=C/C(=O)O)CCCC2C. The Morgan fingerprint density at radius 3 is 2.75 bits per heavy atom. The van der Waals surface area contributed by atoms with Crippen molar-refractivity contribution >= 4 is 11.5 Å². The van der Waals surface area contributed by atoms with Gasteiger partial charge in [0.1, 0.15) is 0 Å². The third kappa shape index (κ3) is 4.47. The van der Waals surface area contributed by atoms with Crippen LogP contribution in [-0.2, 0) is 17.6 Å². The molecule has 0 aliphatic heterocycles.